The first-order valence-electron chi connectivity index (χ1n) is 11.0. The fourth-order valence-electron chi connectivity index (χ4n) is 2.95. The van der Waals surface area contributed by atoms with Gasteiger partial charge in [0, 0.05) is 24.1 Å². The first kappa shape index (κ1) is 24.5. The van der Waals surface area contributed by atoms with Crippen LogP contribution in [0.5, 0.6) is 5.88 Å². The van der Waals surface area contributed by atoms with Crippen LogP contribution in [0, 0.1) is 5.92 Å². The van der Waals surface area contributed by atoms with Crippen LogP contribution in [0.4, 0.5) is 8.78 Å². The molecule has 2 aromatic rings. The van der Waals surface area contributed by atoms with Crippen molar-refractivity contribution in [1.82, 2.24) is 10.3 Å². The first-order chi connectivity index (χ1) is 15.0. The molecular weight excluding hydrogens is 398 g/mol. The third-order valence-corrected chi connectivity index (χ3v) is 4.66. The van der Waals surface area contributed by atoms with Crippen LogP contribution < -0.4 is 10.1 Å². The fraction of sp³-hybridized carbons (Fsp3) is 0.440. The molecule has 6 heteroatoms. The number of carbonyl (C=O) groups is 1. The molecule has 0 aliphatic heterocycles. The Bertz CT molecular complexity index is 894. The van der Waals surface area contributed by atoms with E-state index in [1.165, 1.54) is 6.08 Å². The maximum atomic E-state index is 13.7. The number of allylic oxidation sites excluding steroid dienone is 3. The third-order valence-electron chi connectivity index (χ3n) is 4.66. The van der Waals surface area contributed by atoms with Gasteiger partial charge < -0.3 is 10.1 Å². The summed E-state index contributed by atoms with van der Waals surface area (Å²) < 4.78 is 33.0. The van der Waals surface area contributed by atoms with Gasteiger partial charge in [0.15, 0.2) is 5.83 Å². The van der Waals surface area contributed by atoms with Crippen molar-refractivity contribution in [3.63, 3.8) is 0 Å². The lowest BCUT2D eigenvalue weighted by atomic mass is 10.1. The Morgan fingerprint density at radius 3 is 2.61 bits per heavy atom. The van der Waals surface area contributed by atoms with Crippen molar-refractivity contribution in [3.05, 3.63) is 60.2 Å². The maximum Gasteiger partial charge on any atom is 0.280 e. The summed E-state index contributed by atoms with van der Waals surface area (Å²) in [5.41, 5.74) is 0.922. The number of amides is 1. The first-order valence-corrected chi connectivity index (χ1v) is 11.0. The number of carbonyl (C=O) groups excluding carboxylic acids is 1. The summed E-state index contributed by atoms with van der Waals surface area (Å²) in [5, 5.41) is 3.51. The summed E-state index contributed by atoms with van der Waals surface area (Å²) in [6.07, 6.45) is 7.22. The van der Waals surface area contributed by atoms with Gasteiger partial charge in [-0.3, -0.25) is 4.79 Å². The second kappa shape index (κ2) is 13.5. The van der Waals surface area contributed by atoms with E-state index in [2.05, 4.69) is 10.3 Å². The average molecular weight is 431 g/mol. The number of fused-ring (bicyclic) bond motifs is 1. The highest BCUT2D eigenvalue weighted by atomic mass is 19.1. The van der Waals surface area contributed by atoms with Gasteiger partial charge in [0.25, 0.3) is 5.91 Å². The summed E-state index contributed by atoms with van der Waals surface area (Å²) in [6.45, 7) is 4.77. The van der Waals surface area contributed by atoms with Crippen LogP contribution >= 0.6 is 0 Å². The lowest BCUT2D eigenvalue weighted by molar-refractivity contribution is -0.119. The van der Waals surface area contributed by atoms with E-state index in [0.717, 1.165) is 43.0 Å². The molecule has 0 atom stereocenters. The van der Waals surface area contributed by atoms with Crippen molar-refractivity contribution in [3.8, 4) is 5.88 Å². The summed E-state index contributed by atoms with van der Waals surface area (Å²) in [5.74, 6) is -1.85. The number of unbranched alkanes of at least 4 members (excludes halogenated alkanes) is 5. The maximum absolute atomic E-state index is 13.7. The molecule has 2 rings (SSSR count). The van der Waals surface area contributed by atoms with Crippen molar-refractivity contribution in [2.24, 2.45) is 5.92 Å². The lowest BCUT2D eigenvalue weighted by Gasteiger charge is -2.06. The summed E-state index contributed by atoms with van der Waals surface area (Å²) in [6, 6.07) is 11.8. The summed E-state index contributed by atoms with van der Waals surface area (Å²) >= 11 is 0. The van der Waals surface area contributed by atoms with Crippen molar-refractivity contribution in [1.29, 1.82) is 0 Å². The zero-order valence-electron chi connectivity index (χ0n) is 18.4. The minimum absolute atomic E-state index is 0.207. The van der Waals surface area contributed by atoms with Gasteiger partial charge in [-0.15, -0.1) is 0 Å². The standard InChI is InChI=1S/C25H32F2N2O2/c1-19(2)18-28-25(30)22(27)17-21(26)12-7-5-3-4-6-10-16-31-24-15-14-20-11-8-9-13-23(20)29-24/h8-9,11-15,17,19H,3-7,10,16,18H2,1-2H3,(H,28,30)/b21-12-,22-17-. The van der Waals surface area contributed by atoms with E-state index >= 15 is 0 Å². The number of hydrogen-bond acceptors (Lipinski definition) is 3. The smallest absolute Gasteiger partial charge is 0.280 e. The Morgan fingerprint density at radius 1 is 1.06 bits per heavy atom. The van der Waals surface area contributed by atoms with E-state index in [4.69, 9.17) is 4.74 Å². The van der Waals surface area contributed by atoms with Gasteiger partial charge in [-0.25, -0.2) is 13.8 Å². The molecular formula is C25H32F2N2O2. The molecule has 0 spiro atoms. The second-order valence-electron chi connectivity index (χ2n) is 7.93. The molecule has 1 amide bonds. The van der Waals surface area contributed by atoms with Crippen LogP contribution in [0.3, 0.4) is 0 Å². The minimum atomic E-state index is -1.10. The third kappa shape index (κ3) is 9.73. The van der Waals surface area contributed by atoms with Crippen LogP contribution in [0.1, 0.15) is 52.4 Å². The number of halogens is 2. The van der Waals surface area contributed by atoms with Crippen LogP contribution in [-0.4, -0.2) is 24.0 Å². The largest absolute Gasteiger partial charge is 0.478 e. The van der Waals surface area contributed by atoms with Crippen molar-refractivity contribution >= 4 is 16.8 Å². The zero-order chi connectivity index (χ0) is 22.5. The topological polar surface area (TPSA) is 51.2 Å². The Hall–Kier alpha value is -2.76. The van der Waals surface area contributed by atoms with Gasteiger partial charge in [0.2, 0.25) is 5.88 Å². The lowest BCUT2D eigenvalue weighted by Crippen LogP contribution is -2.27. The van der Waals surface area contributed by atoms with Crippen molar-refractivity contribution in [2.75, 3.05) is 13.2 Å². The van der Waals surface area contributed by atoms with E-state index in [1.807, 2.05) is 50.2 Å². The molecule has 4 nitrogen and oxygen atoms in total. The molecule has 0 bridgehead atoms. The number of benzene rings is 1. The van der Waals surface area contributed by atoms with Crippen molar-refractivity contribution < 1.29 is 18.3 Å². The Morgan fingerprint density at radius 2 is 1.81 bits per heavy atom. The van der Waals surface area contributed by atoms with Gasteiger partial charge in [-0.2, -0.15) is 0 Å². The van der Waals surface area contributed by atoms with E-state index in [0.29, 0.717) is 31.5 Å². The van der Waals surface area contributed by atoms with E-state index in [-0.39, 0.29) is 5.92 Å². The SMILES string of the molecule is CC(C)CNC(=O)/C(F)=C/C(F)=C/CCCCCCCOc1ccc2ccccc2n1. The Balaban J connectivity index is 1.55. The minimum Gasteiger partial charge on any atom is -0.478 e. The predicted octanol–water partition coefficient (Wildman–Crippen LogP) is 6.43. The molecule has 1 heterocycles. The molecule has 0 fully saturated rings. The fourth-order valence-corrected chi connectivity index (χ4v) is 2.95. The van der Waals surface area contributed by atoms with E-state index in [1.54, 1.807) is 0 Å². The van der Waals surface area contributed by atoms with E-state index in [9.17, 15) is 13.6 Å². The molecule has 0 unspecified atom stereocenters. The molecule has 1 aromatic carbocycles. The van der Waals surface area contributed by atoms with Crippen LogP contribution in [0.25, 0.3) is 10.9 Å². The zero-order valence-corrected chi connectivity index (χ0v) is 18.4. The van der Waals surface area contributed by atoms with Crippen LogP contribution in [0.2, 0.25) is 0 Å². The van der Waals surface area contributed by atoms with Gasteiger partial charge in [0.1, 0.15) is 5.83 Å². The highest BCUT2D eigenvalue weighted by Gasteiger charge is 2.09. The molecule has 168 valence electrons. The molecule has 0 radical (unpaired) electrons. The van der Waals surface area contributed by atoms with Crippen LogP contribution in [-0.2, 0) is 4.79 Å². The van der Waals surface area contributed by atoms with Gasteiger partial charge >= 0.3 is 0 Å². The quantitative estimate of drug-likeness (QED) is 0.226. The Labute approximate surface area is 183 Å². The summed E-state index contributed by atoms with van der Waals surface area (Å²) in [7, 11) is 0. The number of para-hydroxylation sites is 1. The molecule has 31 heavy (non-hydrogen) atoms. The van der Waals surface area contributed by atoms with E-state index < -0.39 is 17.6 Å². The molecule has 0 saturated carbocycles. The number of ether oxygens (including phenoxy) is 1. The highest BCUT2D eigenvalue weighted by Crippen LogP contribution is 2.16. The van der Waals surface area contributed by atoms with Gasteiger partial charge in [-0.1, -0.05) is 51.3 Å². The second-order valence-corrected chi connectivity index (χ2v) is 7.93. The van der Waals surface area contributed by atoms with Gasteiger partial charge in [0.05, 0.1) is 12.1 Å². The number of nitrogens with one attached hydrogen (secondary N) is 1. The molecule has 0 aliphatic rings. The molecule has 0 aliphatic carbocycles. The summed E-state index contributed by atoms with van der Waals surface area (Å²) in [4.78, 5) is 15.9. The van der Waals surface area contributed by atoms with Crippen LogP contribution in [0.15, 0.2) is 60.2 Å². The Kier molecular flexibility index (Phi) is 10.7. The monoisotopic (exact) mass is 430 g/mol. The highest BCUT2D eigenvalue weighted by molar-refractivity contribution is 5.91. The number of pyridine rings is 1. The number of rotatable bonds is 13. The van der Waals surface area contributed by atoms with Gasteiger partial charge in [-0.05, 0) is 43.4 Å². The molecule has 1 N–H and O–H groups in total. The number of hydrogen-bond donors (Lipinski definition) is 1. The molecule has 1 aromatic heterocycles. The van der Waals surface area contributed by atoms with Crippen molar-refractivity contribution in [2.45, 2.75) is 52.4 Å². The predicted molar refractivity (Wildman–Crippen MR) is 121 cm³/mol. The number of aromatic nitrogens is 1. The average Bonchev–Trinajstić information content (AvgIpc) is 2.76. The normalized spacial score (nSPS) is 12.4. The number of nitrogens with zero attached hydrogens (tertiary/aromatic N) is 1. The molecule has 0 saturated heterocycles.